The molecule has 5 nitrogen and oxygen atoms in total. The average Bonchev–Trinajstić information content (AvgIpc) is 3.60. The third kappa shape index (κ3) is 3.34. The molecule has 0 N–H and O–H groups in total. The molecule has 2 bridgehead atoms. The first kappa shape index (κ1) is 22.5. The number of anilines is 1. The van der Waals surface area contributed by atoms with Crippen molar-refractivity contribution in [2.24, 2.45) is 35.5 Å². The van der Waals surface area contributed by atoms with Crippen LogP contribution in [0, 0.1) is 42.4 Å². The summed E-state index contributed by atoms with van der Waals surface area (Å²) >= 11 is 13.2. The van der Waals surface area contributed by atoms with Gasteiger partial charge in [-0.3, -0.25) is 24.2 Å². The first-order chi connectivity index (χ1) is 16.3. The van der Waals surface area contributed by atoms with Crippen molar-refractivity contribution in [1.82, 2.24) is 4.90 Å². The van der Waals surface area contributed by atoms with Gasteiger partial charge in [0.2, 0.25) is 11.8 Å². The highest BCUT2D eigenvalue weighted by molar-refractivity contribution is 9.10. The third-order valence-electron chi connectivity index (χ3n) is 7.90. The normalized spacial score (nSPS) is 30.4. The number of hydrogen-bond donors (Lipinski definition) is 0. The minimum absolute atomic E-state index is 0.132. The summed E-state index contributed by atoms with van der Waals surface area (Å²) in [5.74, 6) is 0.122. The van der Waals surface area contributed by atoms with Crippen LogP contribution in [0.5, 0.6) is 0 Å². The molecule has 0 radical (unpaired) electrons. The molecule has 1 heterocycles. The van der Waals surface area contributed by atoms with Crippen LogP contribution in [0.4, 0.5) is 5.69 Å². The van der Waals surface area contributed by atoms with Gasteiger partial charge in [-0.2, -0.15) is 0 Å². The van der Waals surface area contributed by atoms with Crippen molar-refractivity contribution < 1.29 is 14.4 Å². The highest BCUT2D eigenvalue weighted by Gasteiger charge is 2.67. The molecule has 3 amide bonds. The summed E-state index contributed by atoms with van der Waals surface area (Å²) in [6.45, 7) is 1.75. The van der Waals surface area contributed by atoms with E-state index < -0.39 is 0 Å². The second kappa shape index (κ2) is 8.04. The smallest absolute Gasteiger partial charge is 0.259 e. The SMILES string of the molecule is Cc1cc(Br)c(Cl)cc1N(CN1C(=O)C2C3C=CC(C4CC34)C2C1=O)C(=O)c1ccc(Br)cc1. The van der Waals surface area contributed by atoms with Gasteiger partial charge in [0.1, 0.15) is 6.67 Å². The van der Waals surface area contributed by atoms with Gasteiger partial charge in [0.25, 0.3) is 5.91 Å². The Labute approximate surface area is 219 Å². The van der Waals surface area contributed by atoms with Gasteiger partial charge in [-0.05, 0) is 94.9 Å². The molecule has 0 spiro atoms. The molecular weight excluding hydrogens is 584 g/mol. The number of hydrogen-bond acceptors (Lipinski definition) is 3. The Bertz CT molecular complexity index is 1240. The van der Waals surface area contributed by atoms with Gasteiger partial charge in [-0.25, -0.2) is 0 Å². The third-order valence-corrected chi connectivity index (χ3v) is 9.63. The number of likely N-dealkylation sites (tertiary alicyclic amines) is 1. The first-order valence-corrected chi connectivity index (χ1v) is 13.3. The number of aryl methyl sites for hydroxylation is 1. The standard InChI is InChI=1S/C26H21Br2ClN2O3/c1-12-8-19(28)20(29)10-21(12)30(24(32)13-2-4-14(27)5-3-13)11-31-25(33)22-15-6-7-16(18-9-17(15)18)23(22)26(31)34/h2-8,10,15-18,22-23H,9,11H2,1H3. The predicted molar refractivity (Wildman–Crippen MR) is 136 cm³/mol. The quantitative estimate of drug-likeness (QED) is 0.326. The first-order valence-electron chi connectivity index (χ1n) is 11.3. The molecule has 2 saturated carbocycles. The second-order valence-electron chi connectivity index (χ2n) is 9.69. The summed E-state index contributed by atoms with van der Waals surface area (Å²) in [5.41, 5.74) is 1.84. The number of nitrogens with zero attached hydrogens (tertiary/aromatic N) is 2. The lowest BCUT2D eigenvalue weighted by Gasteiger charge is -2.37. The molecule has 3 fully saturated rings. The van der Waals surface area contributed by atoms with Crippen molar-refractivity contribution >= 4 is 66.9 Å². The number of benzene rings is 2. The fourth-order valence-electron chi connectivity index (χ4n) is 6.22. The second-order valence-corrected chi connectivity index (χ2v) is 11.9. The van der Waals surface area contributed by atoms with Crippen molar-refractivity contribution in [3.8, 4) is 0 Å². The van der Waals surface area contributed by atoms with Gasteiger partial charge in [0.05, 0.1) is 22.5 Å². The zero-order chi connectivity index (χ0) is 23.9. The van der Waals surface area contributed by atoms with E-state index in [9.17, 15) is 14.4 Å². The molecule has 34 heavy (non-hydrogen) atoms. The fraction of sp³-hybridized carbons (Fsp3) is 0.346. The summed E-state index contributed by atoms with van der Waals surface area (Å²) in [6.07, 6.45) is 5.41. The molecule has 7 rings (SSSR count). The van der Waals surface area contributed by atoms with Crippen LogP contribution in [0.1, 0.15) is 22.3 Å². The van der Waals surface area contributed by atoms with E-state index in [-0.39, 0.29) is 48.1 Å². The Balaban J connectivity index is 1.38. The van der Waals surface area contributed by atoms with Crippen LogP contribution >= 0.6 is 43.5 Å². The Morgan fingerprint density at radius 2 is 1.62 bits per heavy atom. The molecule has 5 aliphatic rings. The highest BCUT2D eigenvalue weighted by atomic mass is 79.9. The molecule has 2 aromatic rings. The van der Waals surface area contributed by atoms with Crippen LogP contribution in [0.15, 0.2) is 57.5 Å². The van der Waals surface area contributed by atoms with Gasteiger partial charge in [-0.15, -0.1) is 0 Å². The minimum Gasteiger partial charge on any atom is -0.289 e. The number of carbonyl (C=O) groups is 3. The van der Waals surface area contributed by atoms with Crippen molar-refractivity contribution in [3.05, 3.63) is 73.6 Å². The zero-order valence-electron chi connectivity index (χ0n) is 18.3. The summed E-state index contributed by atoms with van der Waals surface area (Å²) in [6, 6.07) is 10.6. The topological polar surface area (TPSA) is 57.7 Å². The Morgan fingerprint density at radius 1 is 1.03 bits per heavy atom. The Morgan fingerprint density at radius 3 is 2.21 bits per heavy atom. The van der Waals surface area contributed by atoms with Crippen LogP contribution in [0.3, 0.4) is 0 Å². The van der Waals surface area contributed by atoms with E-state index >= 15 is 0 Å². The lowest BCUT2D eigenvalue weighted by molar-refractivity contribution is -0.140. The van der Waals surface area contributed by atoms with Crippen molar-refractivity contribution in [2.75, 3.05) is 11.6 Å². The number of amides is 3. The average molecular weight is 605 g/mol. The molecule has 8 heteroatoms. The van der Waals surface area contributed by atoms with Crippen LogP contribution in [0.25, 0.3) is 0 Å². The van der Waals surface area contributed by atoms with Crippen molar-refractivity contribution in [1.29, 1.82) is 0 Å². The van der Waals surface area contributed by atoms with Crippen LogP contribution in [0.2, 0.25) is 5.02 Å². The number of imide groups is 1. The van der Waals surface area contributed by atoms with E-state index in [1.54, 1.807) is 30.3 Å². The summed E-state index contributed by atoms with van der Waals surface area (Å²) in [4.78, 5) is 43.7. The zero-order valence-corrected chi connectivity index (χ0v) is 22.2. The van der Waals surface area contributed by atoms with Gasteiger partial charge in [0, 0.05) is 14.5 Å². The molecule has 1 saturated heterocycles. The summed E-state index contributed by atoms with van der Waals surface area (Å²) < 4.78 is 1.57. The van der Waals surface area contributed by atoms with Gasteiger partial charge >= 0.3 is 0 Å². The fourth-order valence-corrected chi connectivity index (χ4v) is 7.10. The molecule has 6 unspecified atom stereocenters. The van der Waals surface area contributed by atoms with E-state index in [1.807, 2.05) is 13.0 Å². The number of halogens is 3. The van der Waals surface area contributed by atoms with Crippen molar-refractivity contribution in [3.63, 3.8) is 0 Å². The van der Waals surface area contributed by atoms with Gasteiger partial charge in [0.15, 0.2) is 0 Å². The molecule has 2 aromatic carbocycles. The number of carbonyl (C=O) groups excluding carboxylic acids is 3. The van der Waals surface area contributed by atoms with E-state index in [0.29, 0.717) is 32.6 Å². The molecule has 1 aliphatic heterocycles. The van der Waals surface area contributed by atoms with E-state index in [4.69, 9.17) is 11.6 Å². The molecule has 174 valence electrons. The van der Waals surface area contributed by atoms with Crippen LogP contribution in [-0.2, 0) is 9.59 Å². The monoisotopic (exact) mass is 602 g/mol. The highest BCUT2D eigenvalue weighted by Crippen LogP contribution is 2.65. The minimum atomic E-state index is -0.300. The van der Waals surface area contributed by atoms with E-state index in [2.05, 4.69) is 44.0 Å². The van der Waals surface area contributed by atoms with E-state index in [0.717, 1.165) is 16.5 Å². The lowest BCUT2D eigenvalue weighted by Crippen LogP contribution is -2.45. The summed E-state index contributed by atoms with van der Waals surface area (Å²) in [5, 5.41) is 0.448. The summed E-state index contributed by atoms with van der Waals surface area (Å²) in [7, 11) is 0. The maximum Gasteiger partial charge on any atom is 0.259 e. The molecular formula is C26H21Br2ClN2O3. The molecule has 4 aliphatic carbocycles. The van der Waals surface area contributed by atoms with Crippen LogP contribution in [-0.4, -0.2) is 29.3 Å². The van der Waals surface area contributed by atoms with Crippen LogP contribution < -0.4 is 4.90 Å². The lowest BCUT2D eigenvalue weighted by atomic mass is 9.63. The number of rotatable bonds is 4. The van der Waals surface area contributed by atoms with Gasteiger partial charge < -0.3 is 0 Å². The van der Waals surface area contributed by atoms with Gasteiger partial charge in [-0.1, -0.05) is 39.7 Å². The Kier molecular flexibility index (Phi) is 5.32. The van der Waals surface area contributed by atoms with Crippen molar-refractivity contribution in [2.45, 2.75) is 13.3 Å². The van der Waals surface area contributed by atoms with E-state index in [1.165, 1.54) is 9.80 Å². The number of allylic oxidation sites excluding steroid dienone is 2. The maximum absolute atomic E-state index is 13.7. The molecule has 6 atom stereocenters. The predicted octanol–water partition coefficient (Wildman–Crippen LogP) is 5.83. The largest absolute Gasteiger partial charge is 0.289 e. The maximum atomic E-state index is 13.7. The molecule has 0 aromatic heterocycles. The Hall–Kier alpha value is -1.96.